The van der Waals surface area contributed by atoms with Crippen molar-refractivity contribution in [3.63, 3.8) is 0 Å². The number of pyridine rings is 1. The Labute approximate surface area is 268 Å². The van der Waals surface area contributed by atoms with Crippen LogP contribution in [0, 0.1) is 19.8 Å². The summed E-state index contributed by atoms with van der Waals surface area (Å²) in [7, 11) is 0. The Morgan fingerprint density at radius 2 is 1.43 bits per heavy atom. The highest BCUT2D eigenvalue weighted by molar-refractivity contribution is 6.30. The van der Waals surface area contributed by atoms with E-state index in [4.69, 9.17) is 11.6 Å². The summed E-state index contributed by atoms with van der Waals surface area (Å²) >= 11 is 6.01. The molecule has 11 nitrogen and oxygen atoms in total. The van der Waals surface area contributed by atoms with Gasteiger partial charge < -0.3 is 10.6 Å². The number of rotatable bonds is 8. The summed E-state index contributed by atoms with van der Waals surface area (Å²) in [5.74, 6) is -0.532. The van der Waals surface area contributed by atoms with Crippen LogP contribution in [0.1, 0.15) is 51.6 Å². The Balaban J connectivity index is 1.25. The molecule has 46 heavy (non-hydrogen) atoms. The SMILES string of the molecule is Cc1cc(=O)c(C(=O)NCC2CCC2)nn1-c1cccc(-c2cccc(NC(=O)c3nn(-c4ccc(Cl)cc4)c(C)cc3=O)n2)c1. The number of nitrogens with one attached hydrogen (secondary N) is 2. The zero-order valence-electron chi connectivity index (χ0n) is 25.2. The third-order valence-corrected chi connectivity index (χ3v) is 8.12. The van der Waals surface area contributed by atoms with Crippen molar-refractivity contribution in [1.29, 1.82) is 0 Å². The summed E-state index contributed by atoms with van der Waals surface area (Å²) in [5, 5.41) is 14.8. The molecule has 5 aromatic rings. The molecule has 0 saturated heterocycles. The van der Waals surface area contributed by atoms with Gasteiger partial charge in [-0.25, -0.2) is 14.3 Å². The molecule has 1 fully saturated rings. The maximum Gasteiger partial charge on any atom is 0.281 e. The average Bonchev–Trinajstić information content (AvgIpc) is 3.01. The third kappa shape index (κ3) is 6.50. The van der Waals surface area contributed by atoms with E-state index < -0.39 is 22.7 Å². The monoisotopic (exact) mass is 635 g/mol. The molecular weight excluding hydrogens is 606 g/mol. The second-order valence-corrected chi connectivity index (χ2v) is 11.7. The van der Waals surface area contributed by atoms with Gasteiger partial charge in [0.15, 0.2) is 11.4 Å². The van der Waals surface area contributed by atoms with Crippen LogP contribution in [0.5, 0.6) is 0 Å². The molecule has 0 spiro atoms. The van der Waals surface area contributed by atoms with Crippen molar-refractivity contribution in [2.75, 3.05) is 11.9 Å². The van der Waals surface area contributed by atoms with Gasteiger partial charge in [-0.15, -0.1) is 0 Å². The zero-order valence-corrected chi connectivity index (χ0v) is 25.9. The third-order valence-electron chi connectivity index (χ3n) is 7.87. The first kappa shape index (κ1) is 30.6. The number of carbonyl (C=O) groups is 2. The lowest BCUT2D eigenvalue weighted by atomic mass is 9.85. The number of benzene rings is 2. The van der Waals surface area contributed by atoms with Gasteiger partial charge in [-0.3, -0.25) is 19.2 Å². The van der Waals surface area contributed by atoms with E-state index in [1.54, 1.807) is 61.0 Å². The fourth-order valence-corrected chi connectivity index (χ4v) is 5.30. The van der Waals surface area contributed by atoms with Gasteiger partial charge in [0.2, 0.25) is 10.9 Å². The topological polar surface area (TPSA) is 141 Å². The highest BCUT2D eigenvalue weighted by Crippen LogP contribution is 2.25. The maximum absolute atomic E-state index is 13.2. The number of hydrogen-bond donors (Lipinski definition) is 2. The Morgan fingerprint density at radius 1 is 0.804 bits per heavy atom. The number of carbonyl (C=O) groups excluding carboxylic acids is 2. The maximum atomic E-state index is 13.2. The second kappa shape index (κ2) is 12.9. The van der Waals surface area contributed by atoms with Gasteiger partial charge in [0.05, 0.1) is 17.1 Å². The van der Waals surface area contributed by atoms with Gasteiger partial charge in [0.25, 0.3) is 11.8 Å². The van der Waals surface area contributed by atoms with Crippen LogP contribution in [0.4, 0.5) is 5.82 Å². The molecule has 2 amide bonds. The van der Waals surface area contributed by atoms with E-state index in [9.17, 15) is 19.2 Å². The van der Waals surface area contributed by atoms with Crippen molar-refractivity contribution < 1.29 is 9.59 Å². The highest BCUT2D eigenvalue weighted by atomic mass is 35.5. The quantitative estimate of drug-likeness (QED) is 0.247. The zero-order chi connectivity index (χ0) is 32.4. The predicted octanol–water partition coefficient (Wildman–Crippen LogP) is 4.89. The van der Waals surface area contributed by atoms with E-state index in [0.717, 1.165) is 19.3 Å². The summed E-state index contributed by atoms with van der Waals surface area (Å²) in [5.41, 5.74) is 2.18. The summed E-state index contributed by atoms with van der Waals surface area (Å²) in [6, 6.07) is 22.0. The van der Waals surface area contributed by atoms with Crippen LogP contribution in [-0.2, 0) is 0 Å². The molecule has 0 radical (unpaired) electrons. The largest absolute Gasteiger partial charge is 0.350 e. The fourth-order valence-electron chi connectivity index (χ4n) is 5.17. The first-order chi connectivity index (χ1) is 22.2. The van der Waals surface area contributed by atoms with E-state index in [-0.39, 0.29) is 17.2 Å². The Bertz CT molecular complexity index is 2090. The predicted molar refractivity (Wildman–Crippen MR) is 175 cm³/mol. The second-order valence-electron chi connectivity index (χ2n) is 11.2. The molecule has 0 bridgehead atoms. The molecule has 1 saturated carbocycles. The summed E-state index contributed by atoms with van der Waals surface area (Å²) < 4.78 is 3.04. The minimum absolute atomic E-state index is 0.169. The summed E-state index contributed by atoms with van der Waals surface area (Å²) in [6.45, 7) is 3.99. The van der Waals surface area contributed by atoms with Crippen molar-refractivity contribution in [3.05, 3.63) is 127 Å². The smallest absolute Gasteiger partial charge is 0.281 e. The molecule has 1 aliphatic rings. The first-order valence-corrected chi connectivity index (χ1v) is 15.2. The molecule has 0 unspecified atom stereocenters. The lowest BCUT2D eigenvalue weighted by Gasteiger charge is -2.25. The molecule has 0 atom stereocenters. The van der Waals surface area contributed by atoms with Crippen LogP contribution in [0.15, 0.2) is 88.5 Å². The standard InChI is InChI=1S/C34H30ClN7O4/c1-20-16-29(44)32(40-41(20)25-14-12-24(35)13-15-25)34(46)38-30-11-5-10-27(37-30)23-8-4-9-26(18-23)42-21(2)17-28(43)31(39-42)33(45)36-19-22-6-3-7-22/h4-5,8-18,22H,3,6-7,19H2,1-2H3,(H,36,45)(H,37,38,46). The van der Waals surface area contributed by atoms with Crippen molar-refractivity contribution >= 4 is 29.2 Å². The number of hydrogen-bond acceptors (Lipinski definition) is 7. The van der Waals surface area contributed by atoms with Gasteiger partial charge >= 0.3 is 0 Å². The highest BCUT2D eigenvalue weighted by Gasteiger charge is 2.21. The van der Waals surface area contributed by atoms with Crippen LogP contribution in [0.3, 0.4) is 0 Å². The van der Waals surface area contributed by atoms with Crippen LogP contribution in [0.2, 0.25) is 5.02 Å². The van der Waals surface area contributed by atoms with Crippen molar-refractivity contribution in [1.82, 2.24) is 29.9 Å². The Hall–Kier alpha value is -5.42. The molecule has 6 rings (SSSR count). The molecule has 2 aromatic carbocycles. The van der Waals surface area contributed by atoms with Gasteiger partial charge in [-0.2, -0.15) is 10.2 Å². The van der Waals surface area contributed by atoms with E-state index in [1.807, 2.05) is 24.3 Å². The van der Waals surface area contributed by atoms with Gasteiger partial charge in [0.1, 0.15) is 5.82 Å². The van der Waals surface area contributed by atoms with Gasteiger partial charge in [-0.1, -0.05) is 36.2 Å². The van der Waals surface area contributed by atoms with E-state index in [2.05, 4.69) is 25.8 Å². The number of amides is 2. The fraction of sp³-hybridized carbons (Fsp3) is 0.206. The molecule has 12 heteroatoms. The van der Waals surface area contributed by atoms with Crippen molar-refractivity contribution in [3.8, 4) is 22.6 Å². The number of aryl methyl sites for hydroxylation is 2. The van der Waals surface area contributed by atoms with Crippen molar-refractivity contribution in [2.24, 2.45) is 5.92 Å². The normalized spacial score (nSPS) is 12.8. The average molecular weight is 636 g/mol. The molecule has 3 heterocycles. The molecule has 232 valence electrons. The Morgan fingerprint density at radius 3 is 2.09 bits per heavy atom. The van der Waals surface area contributed by atoms with Crippen LogP contribution < -0.4 is 21.5 Å². The van der Waals surface area contributed by atoms with Gasteiger partial charge in [0, 0.05) is 40.7 Å². The molecule has 2 N–H and O–H groups in total. The molecule has 3 aromatic heterocycles. The number of aromatic nitrogens is 5. The minimum atomic E-state index is -0.706. The van der Waals surface area contributed by atoms with E-state index in [1.165, 1.54) is 16.8 Å². The van der Waals surface area contributed by atoms with Crippen LogP contribution in [-0.4, -0.2) is 42.9 Å². The molecule has 1 aliphatic carbocycles. The summed E-state index contributed by atoms with van der Waals surface area (Å²) in [6.07, 6.45) is 3.31. The minimum Gasteiger partial charge on any atom is -0.350 e. The van der Waals surface area contributed by atoms with Crippen molar-refractivity contribution in [2.45, 2.75) is 33.1 Å². The van der Waals surface area contributed by atoms with Crippen LogP contribution >= 0.6 is 11.6 Å². The van der Waals surface area contributed by atoms with Gasteiger partial charge in [-0.05, 0) is 81.1 Å². The van der Waals surface area contributed by atoms with E-state index >= 15 is 0 Å². The Kier molecular flexibility index (Phi) is 8.58. The number of nitrogens with zero attached hydrogens (tertiary/aromatic N) is 5. The molecule has 0 aliphatic heterocycles. The van der Waals surface area contributed by atoms with Crippen LogP contribution in [0.25, 0.3) is 22.6 Å². The van der Waals surface area contributed by atoms with E-state index in [0.29, 0.717) is 51.5 Å². The molecular formula is C34H30ClN7O4. The number of halogens is 1. The first-order valence-electron chi connectivity index (χ1n) is 14.8. The lowest BCUT2D eigenvalue weighted by molar-refractivity contribution is 0.0930. The lowest BCUT2D eigenvalue weighted by Crippen LogP contribution is -2.36. The number of anilines is 1. The summed E-state index contributed by atoms with van der Waals surface area (Å²) in [4.78, 5) is 56.0.